The third-order valence-electron chi connectivity index (χ3n) is 4.39. The zero-order valence-corrected chi connectivity index (χ0v) is 16.5. The SMILES string of the molecule is C=CCCOC(C)C(=O)N(CCOC)C1C(=O)NC(=O)N(CCCC)C1N. The summed E-state index contributed by atoms with van der Waals surface area (Å²) >= 11 is 0. The third-order valence-corrected chi connectivity index (χ3v) is 4.39. The highest BCUT2D eigenvalue weighted by atomic mass is 16.5. The zero-order chi connectivity index (χ0) is 20.4. The summed E-state index contributed by atoms with van der Waals surface area (Å²) in [4.78, 5) is 40.3. The number of hydrogen-bond donors (Lipinski definition) is 2. The van der Waals surface area contributed by atoms with Gasteiger partial charge in [-0.2, -0.15) is 0 Å². The van der Waals surface area contributed by atoms with Crippen molar-refractivity contribution in [2.45, 2.75) is 51.4 Å². The van der Waals surface area contributed by atoms with E-state index in [1.54, 1.807) is 13.0 Å². The second kappa shape index (κ2) is 11.7. The van der Waals surface area contributed by atoms with Crippen molar-refractivity contribution < 1.29 is 23.9 Å². The molecular formula is C18H32N4O5. The number of ether oxygens (including phenoxy) is 2. The van der Waals surface area contributed by atoms with Gasteiger partial charge in [-0.3, -0.25) is 14.9 Å². The van der Waals surface area contributed by atoms with E-state index in [0.717, 1.165) is 12.8 Å². The van der Waals surface area contributed by atoms with Gasteiger partial charge in [0.1, 0.15) is 18.3 Å². The van der Waals surface area contributed by atoms with Crippen LogP contribution in [0.3, 0.4) is 0 Å². The van der Waals surface area contributed by atoms with Gasteiger partial charge >= 0.3 is 6.03 Å². The summed E-state index contributed by atoms with van der Waals surface area (Å²) < 4.78 is 10.6. The molecular weight excluding hydrogens is 352 g/mol. The minimum absolute atomic E-state index is 0.159. The third kappa shape index (κ3) is 6.30. The second-order valence-corrected chi connectivity index (χ2v) is 6.39. The Kier molecular flexibility index (Phi) is 9.98. The predicted molar refractivity (Wildman–Crippen MR) is 101 cm³/mol. The van der Waals surface area contributed by atoms with Gasteiger partial charge in [0.2, 0.25) is 0 Å². The number of nitrogens with zero attached hydrogens (tertiary/aromatic N) is 2. The van der Waals surface area contributed by atoms with Gasteiger partial charge in [-0.1, -0.05) is 19.4 Å². The molecule has 1 aliphatic rings. The zero-order valence-electron chi connectivity index (χ0n) is 16.5. The van der Waals surface area contributed by atoms with Crippen LogP contribution in [-0.2, 0) is 19.1 Å². The van der Waals surface area contributed by atoms with Crippen molar-refractivity contribution in [3.05, 3.63) is 12.7 Å². The topological polar surface area (TPSA) is 114 Å². The number of urea groups is 1. The highest BCUT2D eigenvalue weighted by molar-refractivity contribution is 6.02. The number of carbonyl (C=O) groups excluding carboxylic acids is 3. The molecule has 1 heterocycles. The maximum Gasteiger partial charge on any atom is 0.325 e. The van der Waals surface area contributed by atoms with Crippen LogP contribution >= 0.6 is 0 Å². The molecule has 1 aliphatic heterocycles. The number of hydrogen-bond acceptors (Lipinski definition) is 6. The quantitative estimate of drug-likeness (QED) is 0.373. The molecule has 0 spiro atoms. The Labute approximate surface area is 160 Å². The van der Waals surface area contributed by atoms with Gasteiger partial charge in [-0.05, 0) is 19.8 Å². The Bertz CT molecular complexity index is 528. The second-order valence-electron chi connectivity index (χ2n) is 6.39. The van der Waals surface area contributed by atoms with E-state index in [1.165, 1.54) is 16.9 Å². The summed E-state index contributed by atoms with van der Waals surface area (Å²) in [7, 11) is 1.50. The van der Waals surface area contributed by atoms with E-state index in [1.807, 2.05) is 6.92 Å². The lowest BCUT2D eigenvalue weighted by Crippen LogP contribution is -2.72. The van der Waals surface area contributed by atoms with E-state index in [2.05, 4.69) is 11.9 Å². The van der Waals surface area contributed by atoms with E-state index in [4.69, 9.17) is 15.2 Å². The van der Waals surface area contributed by atoms with Gasteiger partial charge in [0.25, 0.3) is 11.8 Å². The molecule has 3 N–H and O–H groups in total. The Hall–Kier alpha value is -1.97. The van der Waals surface area contributed by atoms with Crippen LogP contribution in [0.15, 0.2) is 12.7 Å². The molecule has 4 amide bonds. The monoisotopic (exact) mass is 384 g/mol. The number of carbonyl (C=O) groups is 3. The lowest BCUT2D eigenvalue weighted by molar-refractivity contribution is -0.153. The average Bonchev–Trinajstić information content (AvgIpc) is 2.63. The number of unbranched alkanes of at least 4 members (excludes halogenated alkanes) is 1. The van der Waals surface area contributed by atoms with Crippen LogP contribution in [0.2, 0.25) is 0 Å². The van der Waals surface area contributed by atoms with E-state index in [9.17, 15) is 14.4 Å². The first-order valence-electron chi connectivity index (χ1n) is 9.27. The molecule has 0 aromatic heterocycles. The molecule has 0 bridgehead atoms. The Morgan fingerprint density at radius 3 is 2.74 bits per heavy atom. The van der Waals surface area contributed by atoms with Gasteiger partial charge in [0.15, 0.2) is 0 Å². The molecule has 9 nitrogen and oxygen atoms in total. The van der Waals surface area contributed by atoms with Crippen molar-refractivity contribution in [2.24, 2.45) is 5.73 Å². The van der Waals surface area contributed by atoms with Crippen LogP contribution in [0, 0.1) is 0 Å². The minimum Gasteiger partial charge on any atom is -0.383 e. The summed E-state index contributed by atoms with van der Waals surface area (Å²) in [5, 5.41) is 2.30. The summed E-state index contributed by atoms with van der Waals surface area (Å²) in [5.74, 6) is -0.973. The van der Waals surface area contributed by atoms with Crippen LogP contribution in [-0.4, -0.2) is 79.4 Å². The largest absolute Gasteiger partial charge is 0.383 e. The number of amides is 4. The molecule has 3 atom stereocenters. The van der Waals surface area contributed by atoms with Crippen molar-refractivity contribution in [1.29, 1.82) is 0 Å². The Balaban J connectivity index is 3.00. The first-order valence-corrected chi connectivity index (χ1v) is 9.27. The number of methoxy groups -OCH3 is 1. The number of imide groups is 1. The van der Waals surface area contributed by atoms with E-state index in [0.29, 0.717) is 19.6 Å². The fraction of sp³-hybridized carbons (Fsp3) is 0.722. The summed E-state index contributed by atoms with van der Waals surface area (Å²) in [6, 6.07) is -1.54. The molecule has 3 unspecified atom stereocenters. The summed E-state index contributed by atoms with van der Waals surface area (Å²) in [5.41, 5.74) is 6.23. The van der Waals surface area contributed by atoms with Crippen molar-refractivity contribution in [3.63, 3.8) is 0 Å². The van der Waals surface area contributed by atoms with Gasteiger partial charge in [0.05, 0.1) is 13.2 Å². The molecule has 0 saturated carbocycles. The molecule has 0 aromatic rings. The Morgan fingerprint density at radius 2 is 2.15 bits per heavy atom. The van der Waals surface area contributed by atoms with Gasteiger partial charge in [-0.15, -0.1) is 6.58 Å². The molecule has 0 radical (unpaired) electrons. The van der Waals surface area contributed by atoms with E-state index < -0.39 is 30.2 Å². The molecule has 1 fully saturated rings. The van der Waals surface area contributed by atoms with Crippen molar-refractivity contribution in [2.75, 3.05) is 33.4 Å². The van der Waals surface area contributed by atoms with Gasteiger partial charge in [-0.25, -0.2) is 4.79 Å². The van der Waals surface area contributed by atoms with E-state index >= 15 is 0 Å². The molecule has 9 heteroatoms. The van der Waals surface area contributed by atoms with Gasteiger partial charge in [0, 0.05) is 20.2 Å². The van der Waals surface area contributed by atoms with Crippen LogP contribution in [0.25, 0.3) is 0 Å². The van der Waals surface area contributed by atoms with Crippen molar-refractivity contribution in [3.8, 4) is 0 Å². The Morgan fingerprint density at radius 1 is 1.44 bits per heavy atom. The standard InChI is InChI=1S/C18H32N4O5/c1-5-7-9-22-15(19)14(16(23)20-18(22)25)21(10-12-26-4)17(24)13(3)27-11-8-6-2/h6,13-15H,2,5,7-12,19H2,1,3-4H3,(H,20,23,25). The van der Waals surface area contributed by atoms with Crippen LogP contribution in [0.1, 0.15) is 33.1 Å². The summed E-state index contributed by atoms with van der Waals surface area (Å²) in [6.45, 7) is 8.37. The molecule has 0 aromatic carbocycles. The molecule has 0 aliphatic carbocycles. The molecule has 1 saturated heterocycles. The normalized spacial score (nSPS) is 21.0. The van der Waals surface area contributed by atoms with Crippen LogP contribution in [0.4, 0.5) is 4.79 Å². The highest BCUT2D eigenvalue weighted by Crippen LogP contribution is 2.16. The fourth-order valence-electron chi connectivity index (χ4n) is 2.83. The summed E-state index contributed by atoms with van der Waals surface area (Å²) in [6.07, 6.45) is 2.23. The number of rotatable bonds is 12. The van der Waals surface area contributed by atoms with E-state index in [-0.39, 0.29) is 19.1 Å². The van der Waals surface area contributed by atoms with Crippen molar-refractivity contribution in [1.82, 2.24) is 15.1 Å². The fourth-order valence-corrected chi connectivity index (χ4v) is 2.83. The lowest BCUT2D eigenvalue weighted by atomic mass is 10.1. The van der Waals surface area contributed by atoms with Gasteiger partial charge < -0.3 is 25.0 Å². The maximum atomic E-state index is 12.9. The first kappa shape index (κ1) is 23.1. The molecule has 154 valence electrons. The minimum atomic E-state index is -1.01. The number of nitrogens with two attached hydrogens (primary N) is 1. The van der Waals surface area contributed by atoms with Crippen molar-refractivity contribution >= 4 is 17.8 Å². The van der Waals surface area contributed by atoms with Crippen LogP contribution < -0.4 is 11.1 Å². The number of nitrogens with one attached hydrogen (secondary N) is 1. The maximum absolute atomic E-state index is 12.9. The molecule has 1 rings (SSSR count). The van der Waals surface area contributed by atoms with Crippen LogP contribution in [0.5, 0.6) is 0 Å². The highest BCUT2D eigenvalue weighted by Gasteiger charge is 2.44. The lowest BCUT2D eigenvalue weighted by Gasteiger charge is -2.43. The smallest absolute Gasteiger partial charge is 0.325 e. The first-order chi connectivity index (χ1) is 12.9. The predicted octanol–water partition coefficient (Wildman–Crippen LogP) is 0.448. The molecule has 27 heavy (non-hydrogen) atoms. The average molecular weight is 384 g/mol.